The molecule has 1 aromatic heterocycles. The van der Waals surface area contributed by atoms with Gasteiger partial charge >= 0.3 is 0 Å². The van der Waals surface area contributed by atoms with Gasteiger partial charge in [0.15, 0.2) is 12.2 Å². The number of para-hydroxylation sites is 2. The average molecular weight is 282 g/mol. The Kier molecular flexibility index (Phi) is 3.52. The Bertz CT molecular complexity index is 762. The minimum Gasteiger partial charge on any atom is -0.484 e. The Morgan fingerprint density at radius 2 is 1.95 bits per heavy atom. The van der Waals surface area contributed by atoms with Crippen molar-refractivity contribution in [3.8, 4) is 5.75 Å². The van der Waals surface area contributed by atoms with E-state index in [2.05, 4.69) is 24.9 Å². The molecule has 21 heavy (non-hydrogen) atoms. The molecule has 0 saturated heterocycles. The van der Waals surface area contributed by atoms with Gasteiger partial charge in [-0.3, -0.25) is 0 Å². The van der Waals surface area contributed by atoms with E-state index in [1.165, 1.54) is 5.56 Å². The molecule has 2 aromatic carbocycles. The number of benzene rings is 2. The van der Waals surface area contributed by atoms with Gasteiger partial charge in [0.1, 0.15) is 11.3 Å². The summed E-state index contributed by atoms with van der Waals surface area (Å²) < 4.78 is 11.5. The van der Waals surface area contributed by atoms with E-state index in [0.29, 0.717) is 28.6 Å². The third-order valence-electron chi connectivity index (χ3n) is 3.39. The lowest BCUT2D eigenvalue weighted by molar-refractivity contribution is 0.264. The molecule has 0 aliphatic heterocycles. The minimum atomic E-state index is 0.290. The highest BCUT2D eigenvalue weighted by atomic mass is 16.5. The topological polar surface area (TPSA) is 61.3 Å². The lowest BCUT2D eigenvalue weighted by atomic mass is 10.0. The lowest BCUT2D eigenvalue weighted by Crippen LogP contribution is -1.99. The molecule has 108 valence electrons. The van der Waals surface area contributed by atoms with Crippen molar-refractivity contribution in [2.24, 2.45) is 0 Å². The number of oxazole rings is 1. The SMILES string of the molecule is CC(C)c1ccccc1OCc1nc2c(N)cccc2o1. The second kappa shape index (κ2) is 5.48. The van der Waals surface area contributed by atoms with Crippen LogP contribution in [0.5, 0.6) is 5.75 Å². The van der Waals surface area contributed by atoms with Gasteiger partial charge in [-0.05, 0) is 29.7 Å². The molecule has 0 bridgehead atoms. The molecule has 3 rings (SSSR count). The second-order valence-electron chi connectivity index (χ2n) is 5.28. The molecule has 0 radical (unpaired) electrons. The van der Waals surface area contributed by atoms with Crippen LogP contribution in [0.3, 0.4) is 0 Å². The van der Waals surface area contributed by atoms with E-state index in [-0.39, 0.29) is 6.61 Å². The molecule has 4 heteroatoms. The Morgan fingerprint density at radius 3 is 2.71 bits per heavy atom. The van der Waals surface area contributed by atoms with E-state index in [1.54, 1.807) is 0 Å². The average Bonchev–Trinajstić information content (AvgIpc) is 2.90. The van der Waals surface area contributed by atoms with Gasteiger partial charge in [0.25, 0.3) is 0 Å². The number of hydrogen-bond acceptors (Lipinski definition) is 4. The summed E-state index contributed by atoms with van der Waals surface area (Å²) in [6.07, 6.45) is 0. The molecular weight excluding hydrogens is 264 g/mol. The van der Waals surface area contributed by atoms with Crippen LogP contribution in [0.15, 0.2) is 46.9 Å². The van der Waals surface area contributed by atoms with Crippen LogP contribution < -0.4 is 10.5 Å². The number of anilines is 1. The van der Waals surface area contributed by atoms with Crippen molar-refractivity contribution in [2.75, 3.05) is 5.73 Å². The molecule has 0 amide bonds. The molecule has 0 fully saturated rings. The predicted octanol–water partition coefficient (Wildman–Crippen LogP) is 4.11. The van der Waals surface area contributed by atoms with Crippen molar-refractivity contribution in [3.05, 3.63) is 53.9 Å². The summed E-state index contributed by atoms with van der Waals surface area (Å²) in [5.74, 6) is 1.80. The van der Waals surface area contributed by atoms with E-state index >= 15 is 0 Å². The van der Waals surface area contributed by atoms with E-state index in [1.807, 2.05) is 36.4 Å². The largest absolute Gasteiger partial charge is 0.484 e. The van der Waals surface area contributed by atoms with Crippen molar-refractivity contribution < 1.29 is 9.15 Å². The third-order valence-corrected chi connectivity index (χ3v) is 3.39. The van der Waals surface area contributed by atoms with Gasteiger partial charge in [-0.25, -0.2) is 4.98 Å². The molecule has 2 N–H and O–H groups in total. The quantitative estimate of drug-likeness (QED) is 0.731. The molecule has 0 unspecified atom stereocenters. The van der Waals surface area contributed by atoms with Crippen LogP contribution in [0.4, 0.5) is 5.69 Å². The summed E-state index contributed by atoms with van der Waals surface area (Å²) >= 11 is 0. The summed E-state index contributed by atoms with van der Waals surface area (Å²) in [7, 11) is 0. The van der Waals surface area contributed by atoms with E-state index < -0.39 is 0 Å². The number of ether oxygens (including phenoxy) is 1. The molecule has 4 nitrogen and oxygen atoms in total. The monoisotopic (exact) mass is 282 g/mol. The van der Waals surface area contributed by atoms with Crippen LogP contribution in [0.25, 0.3) is 11.1 Å². The summed E-state index contributed by atoms with van der Waals surface area (Å²) in [5.41, 5.74) is 9.04. The van der Waals surface area contributed by atoms with Gasteiger partial charge in [-0.1, -0.05) is 38.1 Å². The molecule has 0 saturated carbocycles. The summed E-state index contributed by atoms with van der Waals surface area (Å²) in [5, 5.41) is 0. The first-order chi connectivity index (χ1) is 10.1. The molecular formula is C17H18N2O2. The minimum absolute atomic E-state index is 0.290. The van der Waals surface area contributed by atoms with Crippen LogP contribution in [0, 0.1) is 0 Å². The maximum Gasteiger partial charge on any atom is 0.233 e. The normalized spacial score (nSPS) is 11.2. The van der Waals surface area contributed by atoms with Gasteiger partial charge in [0.05, 0.1) is 5.69 Å². The maximum absolute atomic E-state index is 5.88. The fourth-order valence-corrected chi connectivity index (χ4v) is 2.31. The highest BCUT2D eigenvalue weighted by Gasteiger charge is 2.11. The fourth-order valence-electron chi connectivity index (χ4n) is 2.31. The summed E-state index contributed by atoms with van der Waals surface area (Å²) in [6, 6.07) is 13.5. The van der Waals surface area contributed by atoms with Gasteiger partial charge in [-0.15, -0.1) is 0 Å². The smallest absolute Gasteiger partial charge is 0.233 e. The number of aromatic nitrogens is 1. The predicted molar refractivity (Wildman–Crippen MR) is 83.3 cm³/mol. The number of nitrogen functional groups attached to an aromatic ring is 1. The molecule has 0 aliphatic carbocycles. The molecule has 3 aromatic rings. The van der Waals surface area contributed by atoms with Crippen LogP contribution in [0.1, 0.15) is 31.2 Å². The van der Waals surface area contributed by atoms with Crippen LogP contribution in [-0.2, 0) is 6.61 Å². The first kappa shape index (κ1) is 13.5. The summed E-state index contributed by atoms with van der Waals surface area (Å²) in [6.45, 7) is 4.57. The number of nitrogens with two attached hydrogens (primary N) is 1. The number of fused-ring (bicyclic) bond motifs is 1. The van der Waals surface area contributed by atoms with E-state index in [0.717, 1.165) is 5.75 Å². The van der Waals surface area contributed by atoms with Crippen LogP contribution in [0.2, 0.25) is 0 Å². The van der Waals surface area contributed by atoms with Gasteiger partial charge in [-0.2, -0.15) is 0 Å². The zero-order chi connectivity index (χ0) is 14.8. The van der Waals surface area contributed by atoms with Gasteiger partial charge < -0.3 is 14.9 Å². The molecule has 0 aliphatic rings. The molecule has 1 heterocycles. The first-order valence-corrected chi connectivity index (χ1v) is 7.01. The zero-order valence-corrected chi connectivity index (χ0v) is 12.2. The highest BCUT2D eigenvalue weighted by Crippen LogP contribution is 2.27. The lowest BCUT2D eigenvalue weighted by Gasteiger charge is -2.12. The van der Waals surface area contributed by atoms with Crippen molar-refractivity contribution >= 4 is 16.8 Å². The molecule has 0 atom stereocenters. The fraction of sp³-hybridized carbons (Fsp3) is 0.235. The zero-order valence-electron chi connectivity index (χ0n) is 12.2. The Labute approximate surface area is 123 Å². The number of hydrogen-bond donors (Lipinski definition) is 1. The Hall–Kier alpha value is -2.49. The first-order valence-electron chi connectivity index (χ1n) is 7.01. The van der Waals surface area contributed by atoms with Gasteiger partial charge in [0, 0.05) is 0 Å². The van der Waals surface area contributed by atoms with Crippen molar-refractivity contribution in [1.29, 1.82) is 0 Å². The van der Waals surface area contributed by atoms with Crippen molar-refractivity contribution in [3.63, 3.8) is 0 Å². The van der Waals surface area contributed by atoms with E-state index in [9.17, 15) is 0 Å². The Balaban J connectivity index is 1.82. The van der Waals surface area contributed by atoms with Crippen molar-refractivity contribution in [2.45, 2.75) is 26.4 Å². The van der Waals surface area contributed by atoms with Gasteiger partial charge in [0.2, 0.25) is 5.89 Å². The maximum atomic E-state index is 5.88. The standard InChI is InChI=1S/C17H18N2O2/c1-11(2)12-6-3-4-8-14(12)20-10-16-19-17-13(18)7-5-9-15(17)21-16/h3-9,11H,10,18H2,1-2H3. The Morgan fingerprint density at radius 1 is 1.14 bits per heavy atom. The third kappa shape index (κ3) is 2.70. The van der Waals surface area contributed by atoms with Crippen LogP contribution in [-0.4, -0.2) is 4.98 Å². The number of rotatable bonds is 4. The highest BCUT2D eigenvalue weighted by molar-refractivity contribution is 5.85. The molecule has 0 spiro atoms. The van der Waals surface area contributed by atoms with E-state index in [4.69, 9.17) is 14.9 Å². The van der Waals surface area contributed by atoms with Crippen molar-refractivity contribution in [1.82, 2.24) is 4.98 Å². The summed E-state index contributed by atoms with van der Waals surface area (Å²) in [4.78, 5) is 4.39. The van der Waals surface area contributed by atoms with Crippen LogP contribution >= 0.6 is 0 Å². The second-order valence-corrected chi connectivity index (χ2v) is 5.28. The number of nitrogens with zero attached hydrogens (tertiary/aromatic N) is 1.